The number of hydrogen-bond acceptors (Lipinski definition) is 4. The van der Waals surface area contributed by atoms with Gasteiger partial charge in [0.1, 0.15) is 0 Å². The molecule has 0 aliphatic rings. The molecule has 0 saturated heterocycles. The van der Waals surface area contributed by atoms with Crippen LogP contribution in [0.3, 0.4) is 0 Å². The van der Waals surface area contributed by atoms with Crippen molar-refractivity contribution in [3.63, 3.8) is 0 Å². The van der Waals surface area contributed by atoms with Gasteiger partial charge in [-0.15, -0.1) is 22.7 Å². The van der Waals surface area contributed by atoms with Crippen LogP contribution >= 0.6 is 22.7 Å². The Kier molecular flexibility index (Phi) is 2.60. The molecule has 0 amide bonds. The van der Waals surface area contributed by atoms with Gasteiger partial charge in [-0.25, -0.2) is 4.98 Å². The van der Waals surface area contributed by atoms with Crippen LogP contribution in [0, 0.1) is 0 Å². The summed E-state index contributed by atoms with van der Waals surface area (Å²) in [7, 11) is 0. The SMILES string of the molecule is c1ccc2sc(CNc3nccs3)cc2c1. The largest absolute Gasteiger partial charge is 0.357 e. The van der Waals surface area contributed by atoms with Gasteiger partial charge in [0.2, 0.25) is 0 Å². The number of thiophene rings is 1. The van der Waals surface area contributed by atoms with E-state index in [1.807, 2.05) is 22.9 Å². The Balaban J connectivity index is 1.79. The lowest BCUT2D eigenvalue weighted by Gasteiger charge is -1.97. The summed E-state index contributed by atoms with van der Waals surface area (Å²) in [5, 5.41) is 7.61. The van der Waals surface area contributed by atoms with E-state index >= 15 is 0 Å². The molecule has 4 heteroatoms. The highest BCUT2D eigenvalue weighted by Gasteiger charge is 2.01. The zero-order chi connectivity index (χ0) is 10.8. The molecule has 1 N–H and O–H groups in total. The van der Waals surface area contributed by atoms with Crippen molar-refractivity contribution in [1.82, 2.24) is 4.98 Å². The minimum atomic E-state index is 0.854. The van der Waals surface area contributed by atoms with Crippen LogP contribution in [-0.4, -0.2) is 4.98 Å². The first-order chi connectivity index (χ1) is 7.92. The Morgan fingerprint density at radius 1 is 1.25 bits per heavy atom. The molecule has 0 spiro atoms. The fraction of sp³-hybridized carbons (Fsp3) is 0.0833. The van der Waals surface area contributed by atoms with Gasteiger partial charge >= 0.3 is 0 Å². The van der Waals surface area contributed by atoms with Crippen molar-refractivity contribution >= 4 is 37.9 Å². The molecule has 0 bridgehead atoms. The zero-order valence-electron chi connectivity index (χ0n) is 8.51. The number of aromatic nitrogens is 1. The summed E-state index contributed by atoms with van der Waals surface area (Å²) >= 11 is 3.46. The Morgan fingerprint density at radius 2 is 2.19 bits per heavy atom. The van der Waals surface area contributed by atoms with E-state index in [9.17, 15) is 0 Å². The number of nitrogens with zero attached hydrogens (tertiary/aromatic N) is 1. The van der Waals surface area contributed by atoms with E-state index in [0.717, 1.165) is 11.7 Å². The Labute approximate surface area is 102 Å². The molecule has 2 heterocycles. The average molecular weight is 246 g/mol. The molecular formula is C12H10N2S2. The topological polar surface area (TPSA) is 24.9 Å². The van der Waals surface area contributed by atoms with Crippen molar-refractivity contribution in [2.45, 2.75) is 6.54 Å². The first-order valence-electron chi connectivity index (χ1n) is 5.03. The van der Waals surface area contributed by atoms with Crippen LogP contribution in [0.4, 0.5) is 5.13 Å². The quantitative estimate of drug-likeness (QED) is 0.756. The normalized spacial score (nSPS) is 10.8. The predicted molar refractivity (Wildman–Crippen MR) is 71.3 cm³/mol. The molecule has 1 aromatic carbocycles. The maximum Gasteiger partial charge on any atom is 0.182 e. The smallest absolute Gasteiger partial charge is 0.182 e. The number of rotatable bonds is 3. The van der Waals surface area contributed by atoms with Gasteiger partial charge in [-0.1, -0.05) is 18.2 Å². The van der Waals surface area contributed by atoms with Gasteiger partial charge in [0.25, 0.3) is 0 Å². The number of hydrogen-bond donors (Lipinski definition) is 1. The van der Waals surface area contributed by atoms with Crippen molar-refractivity contribution in [1.29, 1.82) is 0 Å². The highest BCUT2D eigenvalue weighted by atomic mass is 32.1. The van der Waals surface area contributed by atoms with Gasteiger partial charge in [0.15, 0.2) is 5.13 Å². The van der Waals surface area contributed by atoms with Gasteiger partial charge in [0, 0.05) is 21.2 Å². The van der Waals surface area contributed by atoms with Gasteiger partial charge in [-0.3, -0.25) is 0 Å². The van der Waals surface area contributed by atoms with E-state index in [-0.39, 0.29) is 0 Å². The van der Waals surface area contributed by atoms with Gasteiger partial charge in [-0.05, 0) is 17.5 Å². The minimum absolute atomic E-state index is 0.854. The van der Waals surface area contributed by atoms with E-state index in [1.54, 1.807) is 11.3 Å². The highest BCUT2D eigenvalue weighted by molar-refractivity contribution is 7.19. The van der Waals surface area contributed by atoms with Crippen LogP contribution in [0.5, 0.6) is 0 Å². The molecule has 3 rings (SSSR count). The summed E-state index contributed by atoms with van der Waals surface area (Å²) in [4.78, 5) is 5.54. The van der Waals surface area contributed by atoms with Gasteiger partial charge < -0.3 is 5.32 Å². The summed E-state index contributed by atoms with van der Waals surface area (Å²) in [6.45, 7) is 0.854. The third-order valence-corrected chi connectivity index (χ3v) is 4.17. The van der Waals surface area contributed by atoms with E-state index in [1.165, 1.54) is 15.0 Å². The molecule has 0 fully saturated rings. The maximum absolute atomic E-state index is 4.20. The van der Waals surface area contributed by atoms with E-state index < -0.39 is 0 Å². The Hall–Kier alpha value is -1.39. The average Bonchev–Trinajstić information content (AvgIpc) is 2.95. The van der Waals surface area contributed by atoms with E-state index in [2.05, 4.69) is 40.6 Å². The maximum atomic E-state index is 4.20. The van der Waals surface area contributed by atoms with Gasteiger partial charge in [0.05, 0.1) is 6.54 Å². The van der Waals surface area contributed by atoms with E-state index in [0.29, 0.717) is 0 Å². The second-order valence-corrected chi connectivity index (χ2v) is 5.50. The molecule has 0 aliphatic heterocycles. The number of anilines is 1. The second kappa shape index (κ2) is 4.23. The molecule has 0 atom stereocenters. The fourth-order valence-corrected chi connectivity index (χ4v) is 3.13. The van der Waals surface area contributed by atoms with Crippen molar-refractivity contribution in [2.24, 2.45) is 0 Å². The number of thiazole rings is 1. The number of nitrogens with one attached hydrogen (secondary N) is 1. The molecule has 0 saturated carbocycles. The lowest BCUT2D eigenvalue weighted by molar-refractivity contribution is 1.17. The lowest BCUT2D eigenvalue weighted by atomic mass is 10.2. The Morgan fingerprint density at radius 3 is 3.00 bits per heavy atom. The molecule has 80 valence electrons. The molecule has 2 nitrogen and oxygen atoms in total. The summed E-state index contributed by atoms with van der Waals surface area (Å²) in [5.74, 6) is 0. The summed E-state index contributed by atoms with van der Waals surface area (Å²) < 4.78 is 1.35. The molecule has 0 aliphatic carbocycles. The molecule has 0 radical (unpaired) electrons. The molecule has 2 aromatic heterocycles. The van der Waals surface area contributed by atoms with Crippen molar-refractivity contribution in [2.75, 3.05) is 5.32 Å². The minimum Gasteiger partial charge on any atom is -0.357 e. The van der Waals surface area contributed by atoms with Crippen LogP contribution in [0.25, 0.3) is 10.1 Å². The van der Waals surface area contributed by atoms with Crippen molar-refractivity contribution in [3.8, 4) is 0 Å². The zero-order valence-corrected chi connectivity index (χ0v) is 10.1. The fourth-order valence-electron chi connectivity index (χ4n) is 1.60. The van der Waals surface area contributed by atoms with Crippen LogP contribution in [-0.2, 0) is 6.54 Å². The summed E-state index contributed by atoms with van der Waals surface area (Å²) in [6, 6.07) is 10.7. The predicted octanol–water partition coefficient (Wildman–Crippen LogP) is 3.97. The first-order valence-corrected chi connectivity index (χ1v) is 6.72. The lowest BCUT2D eigenvalue weighted by Crippen LogP contribution is -1.95. The molecule has 0 unspecified atom stereocenters. The van der Waals surface area contributed by atoms with Crippen LogP contribution in [0.15, 0.2) is 41.9 Å². The van der Waals surface area contributed by atoms with Crippen LogP contribution in [0.2, 0.25) is 0 Å². The Bertz CT molecular complexity index is 551. The molecule has 16 heavy (non-hydrogen) atoms. The van der Waals surface area contributed by atoms with Gasteiger partial charge in [-0.2, -0.15) is 0 Å². The number of benzene rings is 1. The van der Waals surface area contributed by atoms with Crippen LogP contribution in [0.1, 0.15) is 4.88 Å². The van der Waals surface area contributed by atoms with Crippen LogP contribution < -0.4 is 5.32 Å². The summed E-state index contributed by atoms with van der Waals surface area (Å²) in [6.07, 6.45) is 1.82. The third-order valence-electron chi connectivity index (χ3n) is 2.32. The van der Waals surface area contributed by atoms with Crippen molar-refractivity contribution in [3.05, 3.63) is 46.8 Å². The highest BCUT2D eigenvalue weighted by Crippen LogP contribution is 2.26. The molecular weight excluding hydrogens is 236 g/mol. The monoisotopic (exact) mass is 246 g/mol. The standard InChI is InChI=1S/C12H10N2S2/c1-2-4-11-9(3-1)7-10(16-11)8-14-12-13-5-6-15-12/h1-7H,8H2,(H,13,14). The first kappa shape index (κ1) is 9.81. The van der Waals surface area contributed by atoms with Crippen molar-refractivity contribution < 1.29 is 0 Å². The molecule has 3 aromatic rings. The second-order valence-electron chi connectivity index (χ2n) is 3.44. The summed E-state index contributed by atoms with van der Waals surface area (Å²) in [5.41, 5.74) is 0. The van der Waals surface area contributed by atoms with E-state index in [4.69, 9.17) is 0 Å². The third kappa shape index (κ3) is 1.94. The number of fused-ring (bicyclic) bond motifs is 1.